The van der Waals surface area contributed by atoms with Gasteiger partial charge in [0.1, 0.15) is 17.8 Å². The molecular weight excluding hydrogens is 419 g/mol. The maximum atomic E-state index is 15.7. The van der Waals surface area contributed by atoms with Crippen LogP contribution in [0.2, 0.25) is 5.02 Å². The van der Waals surface area contributed by atoms with Gasteiger partial charge in [-0.3, -0.25) is 5.01 Å². The average molecular weight is 438 g/mol. The fourth-order valence-electron chi connectivity index (χ4n) is 3.20. The number of aryl methyl sites for hydroxylation is 1. The molecule has 1 unspecified atom stereocenters. The van der Waals surface area contributed by atoms with Gasteiger partial charge in [-0.1, -0.05) is 35.4 Å². The van der Waals surface area contributed by atoms with Gasteiger partial charge in [0.2, 0.25) is 0 Å². The molecular formula is C20H19ClF3N5O. The highest BCUT2D eigenvalue weighted by molar-refractivity contribution is 6.30. The van der Waals surface area contributed by atoms with Crippen LogP contribution in [0.4, 0.5) is 13.2 Å². The highest BCUT2D eigenvalue weighted by atomic mass is 35.5. The monoisotopic (exact) mass is 437 g/mol. The molecule has 158 valence electrons. The molecule has 0 aliphatic carbocycles. The molecule has 0 bridgehead atoms. The van der Waals surface area contributed by atoms with E-state index in [-0.39, 0.29) is 5.02 Å². The van der Waals surface area contributed by atoms with Crippen molar-refractivity contribution in [1.82, 2.24) is 9.99 Å². The molecule has 3 aromatic rings. The predicted molar refractivity (Wildman–Crippen MR) is 109 cm³/mol. The molecule has 0 spiro atoms. The van der Waals surface area contributed by atoms with E-state index < -0.39 is 35.1 Å². The highest BCUT2D eigenvalue weighted by Crippen LogP contribution is 2.46. The number of alkyl halides is 2. The Labute approximate surface area is 175 Å². The fourth-order valence-corrected chi connectivity index (χ4v) is 3.36. The molecule has 6 nitrogen and oxygen atoms in total. The van der Waals surface area contributed by atoms with Gasteiger partial charge in [0.25, 0.3) is 0 Å². The first-order chi connectivity index (χ1) is 14.1. The van der Waals surface area contributed by atoms with Crippen LogP contribution in [0.1, 0.15) is 16.8 Å². The maximum absolute atomic E-state index is 15.7. The minimum atomic E-state index is -4.05. The lowest BCUT2D eigenvalue weighted by Crippen LogP contribution is -2.53. The number of hydrazine groups is 1. The van der Waals surface area contributed by atoms with Crippen LogP contribution in [0, 0.1) is 12.7 Å². The Balaban J connectivity index is 2.19. The normalized spacial score (nSPS) is 14.2. The number of aliphatic hydroxyl groups is 1. The van der Waals surface area contributed by atoms with Gasteiger partial charge >= 0.3 is 5.92 Å². The first kappa shape index (κ1) is 21.8. The second-order valence-electron chi connectivity index (χ2n) is 6.89. The van der Waals surface area contributed by atoms with Crippen LogP contribution >= 0.6 is 11.6 Å². The Morgan fingerprint density at radius 2 is 1.93 bits per heavy atom. The number of nitrogens with zero attached hydrogens (tertiary/aromatic N) is 3. The quantitative estimate of drug-likeness (QED) is 0.237. The van der Waals surface area contributed by atoms with Crippen molar-refractivity contribution in [3.8, 4) is 0 Å². The molecule has 0 amide bonds. The number of hydrazone groups is 1. The van der Waals surface area contributed by atoms with Crippen LogP contribution in [0.3, 0.4) is 0 Å². The Bertz CT molecular complexity index is 1110. The summed E-state index contributed by atoms with van der Waals surface area (Å²) >= 11 is 5.74. The van der Waals surface area contributed by atoms with E-state index in [1.54, 1.807) is 18.2 Å². The number of aromatic nitrogens is 1. The summed E-state index contributed by atoms with van der Waals surface area (Å²) in [6, 6.07) is 10.6. The van der Waals surface area contributed by atoms with Gasteiger partial charge in [0, 0.05) is 16.0 Å². The molecule has 2 aromatic carbocycles. The molecule has 1 heterocycles. The van der Waals surface area contributed by atoms with Crippen molar-refractivity contribution >= 4 is 28.8 Å². The predicted octanol–water partition coefficient (Wildman–Crippen LogP) is 3.39. The summed E-state index contributed by atoms with van der Waals surface area (Å²) in [5.74, 6) is 5.44. The van der Waals surface area contributed by atoms with Crippen molar-refractivity contribution < 1.29 is 18.3 Å². The molecule has 3 rings (SSSR count). The van der Waals surface area contributed by atoms with Crippen LogP contribution in [0.25, 0.3) is 10.9 Å². The van der Waals surface area contributed by atoms with Gasteiger partial charge in [-0.15, -0.1) is 0 Å². The van der Waals surface area contributed by atoms with Crippen LogP contribution in [-0.4, -0.2) is 28.0 Å². The minimum Gasteiger partial charge on any atom is -0.377 e. The largest absolute Gasteiger partial charge is 0.377 e. The molecule has 0 aliphatic rings. The zero-order chi connectivity index (χ0) is 22.1. The van der Waals surface area contributed by atoms with Gasteiger partial charge in [0.05, 0.1) is 12.1 Å². The van der Waals surface area contributed by atoms with E-state index in [2.05, 4.69) is 10.1 Å². The lowest BCUT2D eigenvalue weighted by Gasteiger charge is -2.38. The maximum Gasteiger partial charge on any atom is 0.323 e. The molecule has 0 saturated heterocycles. The van der Waals surface area contributed by atoms with E-state index in [4.69, 9.17) is 23.3 Å². The first-order valence-corrected chi connectivity index (χ1v) is 9.14. The summed E-state index contributed by atoms with van der Waals surface area (Å²) in [4.78, 5) is 4.00. The Kier molecular flexibility index (Phi) is 5.89. The zero-order valence-electron chi connectivity index (χ0n) is 15.9. The van der Waals surface area contributed by atoms with Gasteiger partial charge in [0.15, 0.2) is 5.60 Å². The van der Waals surface area contributed by atoms with Crippen LogP contribution in [-0.2, 0) is 11.5 Å². The third-order valence-corrected chi connectivity index (χ3v) is 4.92. The second-order valence-corrected chi connectivity index (χ2v) is 7.32. The number of hydrogen-bond donors (Lipinski definition) is 3. The summed E-state index contributed by atoms with van der Waals surface area (Å²) in [6.45, 7) is 0.922. The SMILES string of the molecule is Cc1ccc2nc(C(F)(F)C(O)(CN(N)/C=N\N)c3ccc(Cl)cc3F)ccc2c1. The molecule has 0 aliphatic heterocycles. The van der Waals surface area contributed by atoms with E-state index in [9.17, 15) is 9.50 Å². The van der Waals surface area contributed by atoms with Crippen LogP contribution in [0.5, 0.6) is 0 Å². The smallest absolute Gasteiger partial charge is 0.323 e. The third-order valence-electron chi connectivity index (χ3n) is 4.69. The standard InChI is InChI=1S/C20H19ClF3N5O/c1-12-2-6-17-13(8-12)3-7-18(28-17)20(23,24)19(30,10-29(26)11-27-25)15-5-4-14(21)9-16(15)22/h2-9,11,30H,10,25-26H2,1H3/b27-11-. The minimum absolute atomic E-state index is 0.0192. The van der Waals surface area contributed by atoms with Crippen molar-refractivity contribution in [2.75, 3.05) is 6.54 Å². The van der Waals surface area contributed by atoms with E-state index in [1.165, 1.54) is 12.1 Å². The molecule has 1 aromatic heterocycles. The molecule has 5 N–H and O–H groups in total. The van der Waals surface area contributed by atoms with Crippen LogP contribution in [0.15, 0.2) is 53.6 Å². The molecule has 0 radical (unpaired) electrons. The summed E-state index contributed by atoms with van der Waals surface area (Å²) in [6.07, 6.45) is 0.825. The lowest BCUT2D eigenvalue weighted by atomic mass is 9.84. The Hall–Kier alpha value is -2.88. The number of halogens is 4. The summed E-state index contributed by atoms with van der Waals surface area (Å²) in [5.41, 5.74) is -3.35. The van der Waals surface area contributed by atoms with Crippen molar-refractivity contribution in [2.45, 2.75) is 18.4 Å². The molecule has 0 saturated carbocycles. The number of pyridine rings is 1. The van der Waals surface area contributed by atoms with Gasteiger partial charge in [-0.2, -0.15) is 13.9 Å². The number of benzene rings is 2. The molecule has 30 heavy (non-hydrogen) atoms. The third kappa shape index (κ3) is 3.91. The van der Waals surface area contributed by atoms with Gasteiger partial charge in [-0.05, 0) is 37.3 Å². The lowest BCUT2D eigenvalue weighted by molar-refractivity contribution is -0.203. The topological polar surface area (TPSA) is 101 Å². The van der Waals surface area contributed by atoms with E-state index >= 15 is 8.78 Å². The Morgan fingerprint density at radius 3 is 2.60 bits per heavy atom. The number of nitrogens with two attached hydrogens (primary N) is 2. The number of rotatable bonds is 6. The second kappa shape index (κ2) is 8.10. The van der Waals surface area contributed by atoms with E-state index in [1.807, 2.05) is 6.92 Å². The fraction of sp³-hybridized carbons (Fsp3) is 0.200. The summed E-state index contributed by atoms with van der Waals surface area (Å²) in [7, 11) is 0. The number of hydrogen-bond acceptors (Lipinski definition) is 5. The van der Waals surface area contributed by atoms with E-state index in [0.717, 1.165) is 30.1 Å². The van der Waals surface area contributed by atoms with Crippen LogP contribution < -0.4 is 11.7 Å². The average Bonchev–Trinajstić information content (AvgIpc) is 2.67. The first-order valence-electron chi connectivity index (χ1n) is 8.77. The molecule has 10 heteroatoms. The number of fused-ring (bicyclic) bond motifs is 1. The van der Waals surface area contributed by atoms with Gasteiger partial charge < -0.3 is 10.9 Å². The van der Waals surface area contributed by atoms with Gasteiger partial charge in [-0.25, -0.2) is 15.2 Å². The molecule has 1 atom stereocenters. The zero-order valence-corrected chi connectivity index (χ0v) is 16.6. The Morgan fingerprint density at radius 1 is 1.20 bits per heavy atom. The van der Waals surface area contributed by atoms with Crippen molar-refractivity contribution in [1.29, 1.82) is 0 Å². The van der Waals surface area contributed by atoms with E-state index in [0.29, 0.717) is 15.9 Å². The molecule has 0 fully saturated rings. The van der Waals surface area contributed by atoms with Crippen molar-refractivity contribution in [2.24, 2.45) is 16.8 Å². The van der Waals surface area contributed by atoms with Crippen molar-refractivity contribution in [3.63, 3.8) is 0 Å². The summed E-state index contributed by atoms with van der Waals surface area (Å²) < 4.78 is 46.0. The summed E-state index contributed by atoms with van der Waals surface area (Å²) in [5, 5.41) is 15.6. The van der Waals surface area contributed by atoms with Crippen molar-refractivity contribution in [3.05, 3.63) is 76.2 Å². The highest BCUT2D eigenvalue weighted by Gasteiger charge is 2.58.